The van der Waals surface area contributed by atoms with Crippen molar-refractivity contribution in [1.29, 1.82) is 0 Å². The van der Waals surface area contributed by atoms with E-state index in [-0.39, 0.29) is 18.9 Å². The van der Waals surface area contributed by atoms with Crippen molar-refractivity contribution in [2.75, 3.05) is 13.1 Å². The van der Waals surface area contributed by atoms with Gasteiger partial charge in [0, 0.05) is 5.57 Å². The molecule has 0 unspecified atom stereocenters. The molecule has 0 saturated heterocycles. The standard InChI is InChI=1S/C11H15NO3/c1-4-8-9(7(2)3)5-12(11(14)15)6-10(8)13/h2,4-6H2,1,3H3,(H,14,15). The minimum atomic E-state index is -1.06. The first kappa shape index (κ1) is 11.5. The number of ketones is 1. The monoisotopic (exact) mass is 209 g/mol. The van der Waals surface area contributed by atoms with Crippen LogP contribution in [-0.4, -0.2) is 35.0 Å². The van der Waals surface area contributed by atoms with Crippen molar-refractivity contribution in [2.24, 2.45) is 0 Å². The summed E-state index contributed by atoms with van der Waals surface area (Å²) in [4.78, 5) is 23.6. The number of amides is 1. The van der Waals surface area contributed by atoms with E-state index in [0.29, 0.717) is 6.42 Å². The molecule has 0 radical (unpaired) electrons. The largest absolute Gasteiger partial charge is 0.465 e. The first-order valence-electron chi connectivity index (χ1n) is 4.86. The molecule has 0 aromatic carbocycles. The van der Waals surface area contributed by atoms with Crippen LogP contribution in [0, 0.1) is 0 Å². The maximum Gasteiger partial charge on any atom is 0.408 e. The highest BCUT2D eigenvalue weighted by Gasteiger charge is 2.27. The highest BCUT2D eigenvalue weighted by Crippen LogP contribution is 2.22. The lowest BCUT2D eigenvalue weighted by Gasteiger charge is -2.27. The molecule has 0 aliphatic carbocycles. The van der Waals surface area contributed by atoms with Gasteiger partial charge in [-0.15, -0.1) is 0 Å². The summed E-state index contributed by atoms with van der Waals surface area (Å²) < 4.78 is 0. The molecule has 4 heteroatoms. The molecule has 1 N–H and O–H groups in total. The van der Waals surface area contributed by atoms with Crippen molar-refractivity contribution in [1.82, 2.24) is 4.90 Å². The second-order valence-corrected chi connectivity index (χ2v) is 3.65. The minimum Gasteiger partial charge on any atom is -0.465 e. The first-order valence-corrected chi connectivity index (χ1v) is 4.86. The van der Waals surface area contributed by atoms with E-state index in [9.17, 15) is 9.59 Å². The van der Waals surface area contributed by atoms with Crippen LogP contribution in [0.5, 0.6) is 0 Å². The highest BCUT2D eigenvalue weighted by atomic mass is 16.4. The van der Waals surface area contributed by atoms with E-state index in [1.165, 1.54) is 0 Å². The van der Waals surface area contributed by atoms with Crippen LogP contribution in [0.3, 0.4) is 0 Å². The molecule has 0 aromatic heterocycles. The van der Waals surface area contributed by atoms with Crippen LogP contribution in [0.15, 0.2) is 23.3 Å². The molecule has 0 fully saturated rings. The van der Waals surface area contributed by atoms with Gasteiger partial charge in [-0.2, -0.15) is 0 Å². The summed E-state index contributed by atoms with van der Waals surface area (Å²) in [6.45, 7) is 7.71. The fraction of sp³-hybridized carbons (Fsp3) is 0.455. The lowest BCUT2D eigenvalue weighted by atomic mass is 9.93. The van der Waals surface area contributed by atoms with Gasteiger partial charge in [0.05, 0.1) is 13.1 Å². The molecule has 0 aromatic rings. The van der Waals surface area contributed by atoms with E-state index in [1.54, 1.807) is 6.92 Å². The molecular formula is C11H15NO3. The Hall–Kier alpha value is -1.58. The molecule has 1 amide bonds. The van der Waals surface area contributed by atoms with Crippen LogP contribution in [0.1, 0.15) is 20.3 Å². The molecule has 1 rings (SSSR count). The quantitative estimate of drug-likeness (QED) is 0.754. The minimum absolute atomic E-state index is 0.0325. The Balaban J connectivity index is 3.08. The molecule has 82 valence electrons. The lowest BCUT2D eigenvalue weighted by Crippen LogP contribution is -2.41. The van der Waals surface area contributed by atoms with Gasteiger partial charge in [0.2, 0.25) is 0 Å². The molecule has 1 aliphatic rings. The second-order valence-electron chi connectivity index (χ2n) is 3.65. The zero-order valence-electron chi connectivity index (χ0n) is 9.04. The van der Waals surface area contributed by atoms with Crippen LogP contribution < -0.4 is 0 Å². The van der Waals surface area contributed by atoms with Crippen LogP contribution in [0.2, 0.25) is 0 Å². The summed E-state index contributed by atoms with van der Waals surface area (Å²) in [5.41, 5.74) is 2.27. The maximum absolute atomic E-state index is 11.7. The summed E-state index contributed by atoms with van der Waals surface area (Å²) in [7, 11) is 0. The molecule has 0 atom stereocenters. The molecule has 0 saturated carbocycles. The summed E-state index contributed by atoms with van der Waals surface area (Å²) in [6, 6.07) is 0. The average molecular weight is 209 g/mol. The van der Waals surface area contributed by atoms with E-state index in [4.69, 9.17) is 5.11 Å². The third-order valence-electron chi connectivity index (χ3n) is 2.52. The molecule has 0 spiro atoms. The van der Waals surface area contributed by atoms with Crippen LogP contribution in [0.4, 0.5) is 4.79 Å². The van der Waals surface area contributed by atoms with Crippen molar-refractivity contribution in [3.8, 4) is 0 Å². The number of carbonyl (C=O) groups excluding carboxylic acids is 1. The van der Waals surface area contributed by atoms with Crippen LogP contribution in [-0.2, 0) is 4.79 Å². The van der Waals surface area contributed by atoms with Crippen LogP contribution in [0.25, 0.3) is 0 Å². The topological polar surface area (TPSA) is 57.6 Å². The molecule has 0 bridgehead atoms. The first-order chi connectivity index (χ1) is 6.97. The zero-order chi connectivity index (χ0) is 11.6. The number of carboxylic acid groups (broad SMARTS) is 1. The van der Waals surface area contributed by atoms with Gasteiger partial charge in [0.15, 0.2) is 5.78 Å². The molecular weight excluding hydrogens is 194 g/mol. The SMILES string of the molecule is C=C(C)C1=C(CC)C(=O)CN(C(=O)O)C1. The lowest BCUT2D eigenvalue weighted by molar-refractivity contribution is -0.117. The zero-order valence-corrected chi connectivity index (χ0v) is 9.04. The normalized spacial score (nSPS) is 16.9. The van der Waals surface area contributed by atoms with Gasteiger partial charge in [-0.25, -0.2) is 4.79 Å². The average Bonchev–Trinajstić information content (AvgIpc) is 2.16. The van der Waals surface area contributed by atoms with Gasteiger partial charge in [-0.1, -0.05) is 19.1 Å². The number of hydrogen-bond donors (Lipinski definition) is 1. The van der Waals surface area contributed by atoms with Gasteiger partial charge < -0.3 is 5.11 Å². The van der Waals surface area contributed by atoms with Gasteiger partial charge in [-0.3, -0.25) is 9.69 Å². The van der Waals surface area contributed by atoms with E-state index in [2.05, 4.69) is 6.58 Å². The summed E-state index contributed by atoms with van der Waals surface area (Å²) in [5, 5.41) is 8.84. The van der Waals surface area contributed by atoms with Crippen molar-refractivity contribution in [2.45, 2.75) is 20.3 Å². The molecule has 1 heterocycles. The number of Topliss-reactive ketones (excluding diaryl/α,β-unsaturated/α-hetero) is 1. The van der Waals surface area contributed by atoms with Gasteiger partial charge in [0.1, 0.15) is 0 Å². The number of carbonyl (C=O) groups is 2. The van der Waals surface area contributed by atoms with Crippen LogP contribution >= 0.6 is 0 Å². The Morgan fingerprint density at radius 2 is 2.13 bits per heavy atom. The predicted molar refractivity (Wildman–Crippen MR) is 56.7 cm³/mol. The molecule has 4 nitrogen and oxygen atoms in total. The maximum atomic E-state index is 11.7. The van der Waals surface area contributed by atoms with Gasteiger partial charge >= 0.3 is 6.09 Å². The van der Waals surface area contributed by atoms with Crippen molar-refractivity contribution in [3.05, 3.63) is 23.3 Å². The van der Waals surface area contributed by atoms with Crippen molar-refractivity contribution in [3.63, 3.8) is 0 Å². The van der Waals surface area contributed by atoms with Gasteiger partial charge in [0.25, 0.3) is 0 Å². The van der Waals surface area contributed by atoms with Gasteiger partial charge in [-0.05, 0) is 18.9 Å². The second kappa shape index (κ2) is 4.29. The van der Waals surface area contributed by atoms with E-state index >= 15 is 0 Å². The Bertz CT molecular complexity index is 355. The summed E-state index contributed by atoms with van der Waals surface area (Å²) in [5.74, 6) is -0.107. The summed E-state index contributed by atoms with van der Waals surface area (Å²) in [6.07, 6.45) is -0.425. The third kappa shape index (κ3) is 2.26. The molecule has 1 aliphatic heterocycles. The Morgan fingerprint density at radius 3 is 2.53 bits per heavy atom. The van der Waals surface area contributed by atoms with E-state index in [0.717, 1.165) is 21.6 Å². The fourth-order valence-electron chi connectivity index (χ4n) is 1.72. The van der Waals surface area contributed by atoms with E-state index in [1.807, 2.05) is 6.92 Å². The Labute approximate surface area is 88.9 Å². The third-order valence-corrected chi connectivity index (χ3v) is 2.52. The Kier molecular flexibility index (Phi) is 3.29. The number of nitrogens with zero attached hydrogens (tertiary/aromatic N) is 1. The van der Waals surface area contributed by atoms with Crippen molar-refractivity contribution >= 4 is 11.9 Å². The van der Waals surface area contributed by atoms with Crippen molar-refractivity contribution < 1.29 is 14.7 Å². The fourth-order valence-corrected chi connectivity index (χ4v) is 1.72. The molecule has 15 heavy (non-hydrogen) atoms. The van der Waals surface area contributed by atoms with E-state index < -0.39 is 6.09 Å². The smallest absolute Gasteiger partial charge is 0.408 e. The predicted octanol–water partition coefficient (Wildman–Crippen LogP) is 1.83. The summed E-state index contributed by atoms with van der Waals surface area (Å²) >= 11 is 0. The number of hydrogen-bond acceptors (Lipinski definition) is 2. The highest BCUT2D eigenvalue weighted by molar-refractivity contribution is 6.00. The number of rotatable bonds is 2. The Morgan fingerprint density at radius 1 is 1.53 bits per heavy atom.